The van der Waals surface area contributed by atoms with Gasteiger partial charge >= 0.3 is 12.2 Å². The van der Waals surface area contributed by atoms with Crippen molar-refractivity contribution in [2.75, 3.05) is 14.1 Å². The van der Waals surface area contributed by atoms with Crippen molar-refractivity contribution >= 4 is 11.9 Å². The maximum atomic E-state index is 12.5. The van der Waals surface area contributed by atoms with Crippen LogP contribution in [-0.4, -0.2) is 41.9 Å². The number of carbonyl (C=O) groups excluding carboxylic acids is 2. The molecule has 1 aliphatic rings. The number of alkyl halides is 3. The number of benzene rings is 1. The van der Waals surface area contributed by atoms with E-state index in [4.69, 9.17) is 0 Å². The van der Waals surface area contributed by atoms with E-state index >= 15 is 0 Å². The molecule has 1 fully saturated rings. The zero-order valence-corrected chi connectivity index (χ0v) is 12.4. The third kappa shape index (κ3) is 3.40. The largest absolute Gasteiger partial charge is 0.416 e. The van der Waals surface area contributed by atoms with Gasteiger partial charge in [0.05, 0.1) is 5.56 Å². The molecule has 7 heteroatoms. The van der Waals surface area contributed by atoms with E-state index in [0.717, 1.165) is 22.6 Å². The molecule has 1 atom stereocenters. The van der Waals surface area contributed by atoms with Gasteiger partial charge in [0.1, 0.15) is 0 Å². The Morgan fingerprint density at radius 3 is 2.27 bits per heavy atom. The molecule has 3 amide bonds. The van der Waals surface area contributed by atoms with E-state index in [1.807, 2.05) is 0 Å². The summed E-state index contributed by atoms with van der Waals surface area (Å²) in [4.78, 5) is 26.1. The summed E-state index contributed by atoms with van der Waals surface area (Å²) in [7, 11) is 3.07. The van der Waals surface area contributed by atoms with Gasteiger partial charge in [-0.15, -0.1) is 0 Å². The van der Waals surface area contributed by atoms with Gasteiger partial charge in [0, 0.05) is 26.6 Å². The molecule has 0 saturated carbocycles. The lowest BCUT2D eigenvalue weighted by Gasteiger charge is -2.36. The van der Waals surface area contributed by atoms with E-state index in [1.165, 1.54) is 24.1 Å². The standard InChI is InChI=1S/C15H17F3N2O2/c1-19-12(9-13(21)20(2)14(19)22)8-5-10-3-6-11(7-4-10)15(16,17)18/h3-4,6-7,12H,5,8-9H2,1-2H3. The Balaban J connectivity index is 1.98. The number of imide groups is 1. The summed E-state index contributed by atoms with van der Waals surface area (Å²) in [5.74, 6) is -0.236. The van der Waals surface area contributed by atoms with E-state index in [9.17, 15) is 22.8 Å². The molecule has 0 spiro atoms. The number of nitrogens with zero attached hydrogens (tertiary/aromatic N) is 2. The summed E-state index contributed by atoms with van der Waals surface area (Å²) in [6.07, 6.45) is -3.06. The summed E-state index contributed by atoms with van der Waals surface area (Å²) in [6, 6.07) is 4.38. The minimum absolute atomic E-state index is 0.224. The molecule has 0 bridgehead atoms. The number of aryl methyl sites for hydroxylation is 1. The first-order valence-electron chi connectivity index (χ1n) is 6.89. The van der Waals surface area contributed by atoms with Crippen molar-refractivity contribution in [1.82, 2.24) is 9.80 Å². The zero-order chi connectivity index (χ0) is 16.5. The molecular weight excluding hydrogens is 297 g/mol. The summed E-state index contributed by atoms with van der Waals surface area (Å²) < 4.78 is 37.5. The topological polar surface area (TPSA) is 40.6 Å². The smallest absolute Gasteiger partial charge is 0.324 e. The fourth-order valence-electron chi connectivity index (χ4n) is 2.46. The first kappa shape index (κ1) is 16.3. The number of hydrogen-bond donors (Lipinski definition) is 0. The van der Waals surface area contributed by atoms with Crippen LogP contribution in [0.25, 0.3) is 0 Å². The Morgan fingerprint density at radius 2 is 1.73 bits per heavy atom. The van der Waals surface area contributed by atoms with Crippen LogP contribution in [0.2, 0.25) is 0 Å². The molecule has 0 aliphatic carbocycles. The lowest BCUT2D eigenvalue weighted by atomic mass is 9.99. The summed E-state index contributed by atoms with van der Waals surface area (Å²) in [6.45, 7) is 0. The van der Waals surface area contributed by atoms with Crippen molar-refractivity contribution in [1.29, 1.82) is 0 Å². The maximum absolute atomic E-state index is 12.5. The van der Waals surface area contributed by atoms with E-state index in [0.29, 0.717) is 12.8 Å². The van der Waals surface area contributed by atoms with Crippen molar-refractivity contribution < 1.29 is 22.8 Å². The van der Waals surface area contributed by atoms with Gasteiger partial charge in [-0.1, -0.05) is 12.1 Å². The molecule has 120 valence electrons. The quantitative estimate of drug-likeness (QED) is 0.861. The van der Waals surface area contributed by atoms with Gasteiger partial charge in [-0.25, -0.2) is 4.79 Å². The van der Waals surface area contributed by atoms with E-state index < -0.39 is 11.7 Å². The average molecular weight is 314 g/mol. The van der Waals surface area contributed by atoms with Gasteiger partial charge in [0.15, 0.2) is 0 Å². The normalized spacial score (nSPS) is 19.8. The number of amides is 3. The van der Waals surface area contributed by atoms with Crippen LogP contribution < -0.4 is 0 Å². The maximum Gasteiger partial charge on any atom is 0.416 e. The molecular formula is C15H17F3N2O2. The number of carbonyl (C=O) groups is 2. The highest BCUT2D eigenvalue weighted by atomic mass is 19.4. The Bertz CT molecular complexity index is 569. The third-order valence-corrected chi connectivity index (χ3v) is 3.97. The van der Waals surface area contributed by atoms with E-state index in [1.54, 1.807) is 7.05 Å². The Morgan fingerprint density at radius 1 is 1.14 bits per heavy atom. The predicted molar refractivity (Wildman–Crippen MR) is 74.1 cm³/mol. The molecule has 1 heterocycles. The second-order valence-corrected chi connectivity index (χ2v) is 5.44. The third-order valence-electron chi connectivity index (χ3n) is 3.97. The lowest BCUT2D eigenvalue weighted by Crippen LogP contribution is -2.53. The van der Waals surface area contributed by atoms with Crippen LogP contribution in [0.5, 0.6) is 0 Å². The number of hydrogen-bond acceptors (Lipinski definition) is 2. The van der Waals surface area contributed by atoms with Gasteiger partial charge in [-0.05, 0) is 30.5 Å². The summed E-state index contributed by atoms with van der Waals surface area (Å²) in [5, 5.41) is 0. The SMILES string of the molecule is CN1C(=O)CC(CCc2ccc(C(F)(F)F)cc2)N(C)C1=O. The number of urea groups is 1. The highest BCUT2D eigenvalue weighted by Crippen LogP contribution is 2.29. The second-order valence-electron chi connectivity index (χ2n) is 5.44. The summed E-state index contributed by atoms with van der Waals surface area (Å²) in [5.41, 5.74) is 0.0678. The fourth-order valence-corrected chi connectivity index (χ4v) is 2.46. The van der Waals surface area contributed by atoms with Gasteiger partial charge in [0.2, 0.25) is 5.91 Å². The van der Waals surface area contributed by atoms with Crippen LogP contribution in [-0.2, 0) is 17.4 Å². The fraction of sp³-hybridized carbons (Fsp3) is 0.467. The monoisotopic (exact) mass is 314 g/mol. The van der Waals surface area contributed by atoms with Crippen LogP contribution in [0.15, 0.2) is 24.3 Å². The molecule has 1 aromatic carbocycles. The Kier molecular flexibility index (Phi) is 4.44. The molecule has 22 heavy (non-hydrogen) atoms. The van der Waals surface area contributed by atoms with E-state index in [-0.39, 0.29) is 24.4 Å². The van der Waals surface area contributed by atoms with Crippen LogP contribution in [0, 0.1) is 0 Å². The first-order valence-corrected chi connectivity index (χ1v) is 6.89. The molecule has 0 N–H and O–H groups in total. The van der Waals surface area contributed by atoms with Crippen LogP contribution in [0.1, 0.15) is 24.0 Å². The first-order chi connectivity index (χ1) is 10.2. The Hall–Kier alpha value is -2.05. The summed E-state index contributed by atoms with van der Waals surface area (Å²) >= 11 is 0. The second kappa shape index (κ2) is 5.98. The predicted octanol–water partition coefficient (Wildman–Crippen LogP) is 2.92. The molecule has 0 aromatic heterocycles. The minimum atomic E-state index is -4.34. The minimum Gasteiger partial charge on any atom is -0.324 e. The molecule has 0 radical (unpaired) electrons. The average Bonchev–Trinajstić information content (AvgIpc) is 2.47. The lowest BCUT2D eigenvalue weighted by molar-refractivity contribution is -0.137. The van der Waals surface area contributed by atoms with Gasteiger partial charge in [0.25, 0.3) is 0 Å². The van der Waals surface area contributed by atoms with Gasteiger partial charge in [-0.2, -0.15) is 13.2 Å². The van der Waals surface area contributed by atoms with Crippen LogP contribution >= 0.6 is 0 Å². The van der Waals surface area contributed by atoms with Gasteiger partial charge < -0.3 is 4.90 Å². The van der Waals surface area contributed by atoms with Gasteiger partial charge in [-0.3, -0.25) is 9.69 Å². The zero-order valence-electron chi connectivity index (χ0n) is 12.4. The number of halogens is 3. The molecule has 1 unspecified atom stereocenters. The van der Waals surface area contributed by atoms with E-state index in [2.05, 4.69) is 0 Å². The molecule has 4 nitrogen and oxygen atoms in total. The van der Waals surface area contributed by atoms with Crippen LogP contribution in [0.4, 0.5) is 18.0 Å². The molecule has 2 rings (SSSR count). The highest BCUT2D eigenvalue weighted by molar-refractivity contribution is 5.96. The van der Waals surface area contributed by atoms with Crippen molar-refractivity contribution in [3.8, 4) is 0 Å². The van der Waals surface area contributed by atoms with Crippen molar-refractivity contribution in [2.45, 2.75) is 31.5 Å². The van der Waals surface area contributed by atoms with Crippen molar-refractivity contribution in [2.24, 2.45) is 0 Å². The highest BCUT2D eigenvalue weighted by Gasteiger charge is 2.34. The molecule has 1 aliphatic heterocycles. The Labute approximate surface area is 126 Å². The van der Waals surface area contributed by atoms with Crippen molar-refractivity contribution in [3.05, 3.63) is 35.4 Å². The van der Waals surface area contributed by atoms with Crippen LogP contribution in [0.3, 0.4) is 0 Å². The number of rotatable bonds is 3. The molecule has 1 saturated heterocycles. The molecule has 1 aromatic rings. The van der Waals surface area contributed by atoms with Crippen molar-refractivity contribution in [3.63, 3.8) is 0 Å².